The maximum atomic E-state index is 4.57. The number of pyridine rings is 1. The van der Waals surface area contributed by atoms with Crippen molar-refractivity contribution in [2.75, 3.05) is 11.9 Å². The Morgan fingerprint density at radius 3 is 2.90 bits per heavy atom. The van der Waals surface area contributed by atoms with Crippen molar-refractivity contribution in [3.8, 4) is 0 Å². The van der Waals surface area contributed by atoms with E-state index in [9.17, 15) is 0 Å². The molecule has 1 aliphatic carbocycles. The fourth-order valence-corrected chi connectivity index (χ4v) is 4.15. The van der Waals surface area contributed by atoms with Crippen LogP contribution in [0.1, 0.15) is 32.1 Å². The number of benzene rings is 1. The molecular formula is C18H23N3. The van der Waals surface area contributed by atoms with Crippen molar-refractivity contribution in [1.29, 1.82) is 0 Å². The van der Waals surface area contributed by atoms with Gasteiger partial charge in [0, 0.05) is 23.7 Å². The molecule has 0 bridgehead atoms. The summed E-state index contributed by atoms with van der Waals surface area (Å²) in [6.07, 6.45) is 8.55. The van der Waals surface area contributed by atoms with Crippen LogP contribution in [0.2, 0.25) is 0 Å². The third kappa shape index (κ3) is 2.51. The second-order valence-corrected chi connectivity index (χ2v) is 6.43. The number of para-hydroxylation sites is 1. The molecule has 21 heavy (non-hydrogen) atoms. The molecule has 2 heterocycles. The second kappa shape index (κ2) is 5.64. The topological polar surface area (TPSA) is 37.0 Å². The van der Waals surface area contributed by atoms with Crippen molar-refractivity contribution in [3.63, 3.8) is 0 Å². The lowest BCUT2D eigenvalue weighted by atomic mass is 9.93. The lowest BCUT2D eigenvalue weighted by Gasteiger charge is -2.27. The van der Waals surface area contributed by atoms with E-state index in [4.69, 9.17) is 0 Å². The van der Waals surface area contributed by atoms with Gasteiger partial charge in [-0.3, -0.25) is 4.98 Å². The average molecular weight is 281 g/mol. The van der Waals surface area contributed by atoms with E-state index in [1.807, 2.05) is 12.3 Å². The van der Waals surface area contributed by atoms with Gasteiger partial charge in [-0.15, -0.1) is 0 Å². The van der Waals surface area contributed by atoms with Crippen molar-refractivity contribution in [2.24, 2.45) is 5.92 Å². The molecule has 1 saturated heterocycles. The van der Waals surface area contributed by atoms with E-state index in [-0.39, 0.29) is 0 Å². The van der Waals surface area contributed by atoms with Crippen LogP contribution in [0, 0.1) is 5.92 Å². The number of rotatable bonds is 3. The first-order valence-corrected chi connectivity index (χ1v) is 8.25. The maximum Gasteiger partial charge on any atom is 0.0933 e. The minimum atomic E-state index is 0.591. The van der Waals surface area contributed by atoms with Gasteiger partial charge in [0.05, 0.1) is 11.2 Å². The molecule has 2 N–H and O–H groups in total. The van der Waals surface area contributed by atoms with Gasteiger partial charge in [0.2, 0.25) is 0 Å². The van der Waals surface area contributed by atoms with E-state index in [2.05, 4.69) is 39.9 Å². The fourth-order valence-electron chi connectivity index (χ4n) is 4.15. The standard InChI is InChI=1S/C18H23N3/c1-5-13-6-3-12-20-18(13)17(9-1)21-16-8-2-7-14(16)15-10-4-11-19-15/h1,3,5-6,9,12,14-16,19,21H,2,4,7-8,10-11H2. The van der Waals surface area contributed by atoms with Crippen LogP contribution in [0.5, 0.6) is 0 Å². The summed E-state index contributed by atoms with van der Waals surface area (Å²) in [6.45, 7) is 1.20. The van der Waals surface area contributed by atoms with Gasteiger partial charge in [-0.25, -0.2) is 0 Å². The average Bonchev–Trinajstić information content (AvgIpc) is 3.18. The predicted molar refractivity (Wildman–Crippen MR) is 87.5 cm³/mol. The molecule has 3 nitrogen and oxygen atoms in total. The van der Waals surface area contributed by atoms with E-state index in [1.54, 1.807) is 0 Å². The summed E-state index contributed by atoms with van der Waals surface area (Å²) in [7, 11) is 0. The van der Waals surface area contributed by atoms with Crippen molar-refractivity contribution in [3.05, 3.63) is 36.5 Å². The van der Waals surface area contributed by atoms with E-state index >= 15 is 0 Å². The third-order valence-electron chi connectivity index (χ3n) is 5.16. The van der Waals surface area contributed by atoms with Crippen LogP contribution in [0.15, 0.2) is 36.5 Å². The smallest absolute Gasteiger partial charge is 0.0933 e. The van der Waals surface area contributed by atoms with Crippen LogP contribution in [0.4, 0.5) is 5.69 Å². The quantitative estimate of drug-likeness (QED) is 0.903. The summed E-state index contributed by atoms with van der Waals surface area (Å²) < 4.78 is 0. The summed E-state index contributed by atoms with van der Waals surface area (Å²) in [5, 5.41) is 8.72. The van der Waals surface area contributed by atoms with Gasteiger partial charge in [0.25, 0.3) is 0 Å². The Hall–Kier alpha value is -1.61. The Labute approximate surface area is 126 Å². The van der Waals surface area contributed by atoms with Crippen molar-refractivity contribution in [1.82, 2.24) is 10.3 Å². The molecule has 0 radical (unpaired) electrons. The van der Waals surface area contributed by atoms with Gasteiger partial charge in [0.1, 0.15) is 0 Å². The fraction of sp³-hybridized carbons (Fsp3) is 0.500. The first-order chi connectivity index (χ1) is 10.4. The summed E-state index contributed by atoms with van der Waals surface area (Å²) in [4.78, 5) is 4.57. The van der Waals surface area contributed by atoms with E-state index in [0.717, 1.165) is 11.4 Å². The zero-order valence-corrected chi connectivity index (χ0v) is 12.4. The lowest BCUT2D eigenvalue weighted by molar-refractivity contribution is 0.376. The maximum absolute atomic E-state index is 4.57. The first-order valence-electron chi connectivity index (χ1n) is 8.25. The summed E-state index contributed by atoms with van der Waals surface area (Å²) in [5.74, 6) is 0.770. The highest BCUT2D eigenvalue weighted by atomic mass is 15.0. The minimum Gasteiger partial charge on any atom is -0.380 e. The highest BCUT2D eigenvalue weighted by molar-refractivity contribution is 5.90. The first kappa shape index (κ1) is 13.1. The molecule has 0 amide bonds. The molecule has 3 atom stereocenters. The molecular weight excluding hydrogens is 258 g/mol. The van der Waals surface area contributed by atoms with Crippen LogP contribution in [-0.4, -0.2) is 23.6 Å². The number of hydrogen-bond acceptors (Lipinski definition) is 3. The van der Waals surface area contributed by atoms with Crippen LogP contribution < -0.4 is 10.6 Å². The number of fused-ring (bicyclic) bond motifs is 1. The molecule has 1 saturated carbocycles. The third-order valence-corrected chi connectivity index (χ3v) is 5.16. The van der Waals surface area contributed by atoms with Gasteiger partial charge in [-0.2, -0.15) is 0 Å². The monoisotopic (exact) mass is 281 g/mol. The molecule has 2 aromatic rings. The van der Waals surface area contributed by atoms with Gasteiger partial charge >= 0.3 is 0 Å². The molecule has 110 valence electrons. The predicted octanol–water partition coefficient (Wildman–Crippen LogP) is 3.57. The van der Waals surface area contributed by atoms with Gasteiger partial charge < -0.3 is 10.6 Å². The normalized spacial score (nSPS) is 29.0. The number of nitrogens with one attached hydrogen (secondary N) is 2. The number of hydrogen-bond donors (Lipinski definition) is 2. The zero-order valence-electron chi connectivity index (χ0n) is 12.4. The largest absolute Gasteiger partial charge is 0.380 e. The number of anilines is 1. The Kier molecular flexibility index (Phi) is 3.52. The highest BCUT2D eigenvalue weighted by Crippen LogP contribution is 2.35. The lowest BCUT2D eigenvalue weighted by Crippen LogP contribution is -2.38. The Morgan fingerprint density at radius 1 is 1.05 bits per heavy atom. The van der Waals surface area contributed by atoms with Crippen LogP contribution in [0.25, 0.3) is 10.9 Å². The van der Waals surface area contributed by atoms with E-state index in [0.29, 0.717) is 12.1 Å². The van der Waals surface area contributed by atoms with Crippen molar-refractivity contribution >= 4 is 16.6 Å². The zero-order chi connectivity index (χ0) is 14.1. The Balaban J connectivity index is 1.59. The summed E-state index contributed by atoms with van der Waals surface area (Å²) in [5.41, 5.74) is 2.30. The second-order valence-electron chi connectivity index (χ2n) is 6.43. The van der Waals surface area contributed by atoms with E-state index in [1.165, 1.54) is 49.7 Å². The molecule has 3 unspecified atom stereocenters. The molecule has 2 fully saturated rings. The number of nitrogens with zero attached hydrogens (tertiary/aromatic N) is 1. The molecule has 0 spiro atoms. The molecule has 1 aromatic carbocycles. The molecule has 3 heteroatoms. The van der Waals surface area contributed by atoms with Crippen LogP contribution in [-0.2, 0) is 0 Å². The minimum absolute atomic E-state index is 0.591. The van der Waals surface area contributed by atoms with Gasteiger partial charge in [-0.1, -0.05) is 24.6 Å². The molecule has 4 rings (SSSR count). The van der Waals surface area contributed by atoms with Gasteiger partial charge in [0.15, 0.2) is 0 Å². The SMILES string of the molecule is c1cnc2c(NC3CCCC3C3CCCN3)cccc2c1. The van der Waals surface area contributed by atoms with Gasteiger partial charge in [-0.05, 0) is 50.3 Å². The highest BCUT2D eigenvalue weighted by Gasteiger charge is 2.35. The van der Waals surface area contributed by atoms with Crippen molar-refractivity contribution in [2.45, 2.75) is 44.2 Å². The van der Waals surface area contributed by atoms with Crippen molar-refractivity contribution < 1.29 is 0 Å². The molecule has 1 aliphatic heterocycles. The number of aromatic nitrogens is 1. The Bertz CT molecular complexity index is 613. The summed E-state index contributed by atoms with van der Waals surface area (Å²) >= 11 is 0. The molecule has 2 aliphatic rings. The Morgan fingerprint density at radius 2 is 2.00 bits per heavy atom. The summed E-state index contributed by atoms with van der Waals surface area (Å²) in [6, 6.07) is 11.9. The van der Waals surface area contributed by atoms with E-state index < -0.39 is 0 Å². The van der Waals surface area contributed by atoms with Crippen LogP contribution in [0.3, 0.4) is 0 Å². The van der Waals surface area contributed by atoms with Crippen LogP contribution >= 0.6 is 0 Å². The molecule has 1 aromatic heterocycles.